The minimum Gasteiger partial charge on any atom is -0.384 e. The monoisotopic (exact) mass is 194 g/mol. The molecular weight excluding hydrogens is 180 g/mol. The zero-order valence-electron chi connectivity index (χ0n) is 8.19. The number of hydrogen-bond acceptors (Lipinski definition) is 2. The number of carbonyl (C=O) groups excluding carboxylic acids is 1. The fourth-order valence-corrected chi connectivity index (χ4v) is 1.71. The van der Waals surface area contributed by atoms with Gasteiger partial charge in [0.25, 0.3) is 0 Å². The Morgan fingerprint density at radius 3 is 3.21 bits per heavy atom. The van der Waals surface area contributed by atoms with Gasteiger partial charge in [-0.15, -0.1) is 0 Å². The first kappa shape index (κ1) is 9.27. The molecule has 0 aromatic heterocycles. The average Bonchev–Trinajstić information content (AvgIpc) is 2.84. The fraction of sp³-hybridized carbons (Fsp3) is 0.500. The van der Waals surface area contributed by atoms with E-state index in [0.717, 1.165) is 13.0 Å². The maximum absolute atomic E-state index is 11.5. The minimum absolute atomic E-state index is 0.0823. The second kappa shape index (κ2) is 3.46. The SMILES string of the molecule is C=C1C=CN([C@@H]2C[C@H]2COC)C(=O)N1. The smallest absolute Gasteiger partial charge is 0.326 e. The van der Waals surface area contributed by atoms with E-state index in [1.807, 2.05) is 6.08 Å². The van der Waals surface area contributed by atoms with Crippen LogP contribution in [0.1, 0.15) is 6.42 Å². The van der Waals surface area contributed by atoms with Gasteiger partial charge in [0, 0.05) is 31.0 Å². The number of ether oxygens (including phenoxy) is 1. The molecule has 2 aliphatic rings. The zero-order chi connectivity index (χ0) is 10.1. The van der Waals surface area contributed by atoms with Crippen molar-refractivity contribution in [3.8, 4) is 0 Å². The molecule has 0 aromatic rings. The van der Waals surface area contributed by atoms with Crippen LogP contribution in [0.2, 0.25) is 0 Å². The molecule has 1 heterocycles. The van der Waals surface area contributed by atoms with Gasteiger partial charge in [0.1, 0.15) is 0 Å². The van der Waals surface area contributed by atoms with Crippen molar-refractivity contribution in [2.24, 2.45) is 5.92 Å². The molecule has 1 N–H and O–H groups in total. The molecule has 0 bridgehead atoms. The maximum Gasteiger partial charge on any atom is 0.326 e. The predicted octanol–water partition coefficient (Wildman–Crippen LogP) is 1.07. The summed E-state index contributed by atoms with van der Waals surface area (Å²) in [7, 11) is 1.68. The van der Waals surface area contributed by atoms with Crippen molar-refractivity contribution in [2.45, 2.75) is 12.5 Å². The molecule has 2 atom stereocenters. The van der Waals surface area contributed by atoms with Gasteiger partial charge in [-0.25, -0.2) is 4.79 Å². The molecule has 0 spiro atoms. The lowest BCUT2D eigenvalue weighted by Gasteiger charge is -2.23. The van der Waals surface area contributed by atoms with Gasteiger partial charge in [-0.2, -0.15) is 0 Å². The Balaban J connectivity index is 1.96. The average molecular weight is 194 g/mol. The highest BCUT2D eigenvalue weighted by Gasteiger charge is 2.43. The second-order valence-corrected chi connectivity index (χ2v) is 3.70. The van der Waals surface area contributed by atoms with Crippen LogP contribution in [0.4, 0.5) is 4.79 Å². The molecule has 0 aromatic carbocycles. The van der Waals surface area contributed by atoms with Gasteiger partial charge in [-0.3, -0.25) is 4.90 Å². The Morgan fingerprint density at radius 1 is 1.79 bits per heavy atom. The number of nitrogens with zero attached hydrogens (tertiary/aromatic N) is 1. The van der Waals surface area contributed by atoms with E-state index in [4.69, 9.17) is 4.74 Å². The number of allylic oxidation sites excluding steroid dienone is 1. The summed E-state index contributed by atoms with van der Waals surface area (Å²) >= 11 is 0. The molecule has 4 heteroatoms. The number of carbonyl (C=O) groups is 1. The summed E-state index contributed by atoms with van der Waals surface area (Å²) in [5.74, 6) is 0.488. The van der Waals surface area contributed by atoms with Crippen LogP contribution in [0, 0.1) is 5.92 Å². The lowest BCUT2D eigenvalue weighted by molar-refractivity contribution is 0.173. The fourth-order valence-electron chi connectivity index (χ4n) is 1.71. The van der Waals surface area contributed by atoms with Crippen LogP contribution in [0.3, 0.4) is 0 Å². The number of methoxy groups -OCH3 is 1. The summed E-state index contributed by atoms with van der Waals surface area (Å²) in [5, 5.41) is 2.68. The number of hydrogen-bond donors (Lipinski definition) is 1. The third-order valence-electron chi connectivity index (χ3n) is 2.56. The summed E-state index contributed by atoms with van der Waals surface area (Å²) in [6.07, 6.45) is 4.63. The number of amides is 2. The maximum atomic E-state index is 11.5. The van der Waals surface area contributed by atoms with Crippen LogP contribution >= 0.6 is 0 Å². The Hall–Kier alpha value is -1.29. The van der Waals surface area contributed by atoms with Gasteiger partial charge >= 0.3 is 6.03 Å². The molecule has 1 saturated carbocycles. The molecule has 2 amide bonds. The van der Waals surface area contributed by atoms with Crippen molar-refractivity contribution in [1.82, 2.24) is 10.2 Å². The molecule has 2 rings (SSSR count). The van der Waals surface area contributed by atoms with Crippen molar-refractivity contribution in [2.75, 3.05) is 13.7 Å². The van der Waals surface area contributed by atoms with Crippen LogP contribution in [0.25, 0.3) is 0 Å². The van der Waals surface area contributed by atoms with Gasteiger partial charge in [-0.1, -0.05) is 6.58 Å². The summed E-state index contributed by atoms with van der Waals surface area (Å²) in [6.45, 7) is 4.39. The lowest BCUT2D eigenvalue weighted by Crippen LogP contribution is -2.40. The van der Waals surface area contributed by atoms with E-state index >= 15 is 0 Å². The van der Waals surface area contributed by atoms with Gasteiger partial charge < -0.3 is 10.1 Å². The van der Waals surface area contributed by atoms with Gasteiger partial charge in [0.15, 0.2) is 0 Å². The summed E-state index contributed by atoms with van der Waals surface area (Å²) < 4.78 is 5.04. The van der Waals surface area contributed by atoms with Crippen LogP contribution in [0.5, 0.6) is 0 Å². The van der Waals surface area contributed by atoms with Gasteiger partial charge in [-0.05, 0) is 12.5 Å². The van der Waals surface area contributed by atoms with E-state index in [-0.39, 0.29) is 6.03 Å². The third-order valence-corrected chi connectivity index (χ3v) is 2.56. The van der Waals surface area contributed by atoms with Gasteiger partial charge in [0.05, 0.1) is 6.61 Å². The summed E-state index contributed by atoms with van der Waals surface area (Å²) in [5.41, 5.74) is 0.648. The first-order valence-corrected chi connectivity index (χ1v) is 4.67. The van der Waals surface area contributed by atoms with Crippen molar-refractivity contribution >= 4 is 6.03 Å². The molecule has 14 heavy (non-hydrogen) atoms. The van der Waals surface area contributed by atoms with E-state index in [2.05, 4.69) is 11.9 Å². The van der Waals surface area contributed by atoms with E-state index in [0.29, 0.717) is 17.7 Å². The molecule has 0 unspecified atom stereocenters. The van der Waals surface area contributed by atoms with Crippen molar-refractivity contribution < 1.29 is 9.53 Å². The molecule has 1 aliphatic carbocycles. The molecule has 1 aliphatic heterocycles. The first-order valence-electron chi connectivity index (χ1n) is 4.67. The topological polar surface area (TPSA) is 41.6 Å². The summed E-state index contributed by atoms with van der Waals surface area (Å²) in [6, 6.07) is 0.223. The number of nitrogens with one attached hydrogen (secondary N) is 1. The highest BCUT2D eigenvalue weighted by molar-refractivity contribution is 5.80. The molecule has 0 saturated heterocycles. The molecule has 1 fully saturated rings. The zero-order valence-corrected chi connectivity index (χ0v) is 8.19. The first-order chi connectivity index (χ1) is 6.72. The van der Waals surface area contributed by atoms with Gasteiger partial charge in [0.2, 0.25) is 0 Å². The standard InChI is InChI=1S/C10H14N2O2/c1-7-3-4-12(10(13)11-7)9-5-8(9)6-14-2/h3-4,8-9H,1,5-6H2,2H3,(H,11,13)/t8-,9+/m0/s1. The predicted molar refractivity (Wildman–Crippen MR) is 52.4 cm³/mol. The van der Waals surface area contributed by atoms with E-state index in [9.17, 15) is 4.79 Å². The Labute approximate surface area is 83.2 Å². The largest absolute Gasteiger partial charge is 0.384 e. The van der Waals surface area contributed by atoms with Crippen LogP contribution in [-0.2, 0) is 4.74 Å². The lowest BCUT2D eigenvalue weighted by atomic mass is 10.3. The number of rotatable bonds is 3. The van der Waals surface area contributed by atoms with Crippen molar-refractivity contribution in [3.05, 3.63) is 24.6 Å². The van der Waals surface area contributed by atoms with E-state index in [1.165, 1.54) is 0 Å². The van der Waals surface area contributed by atoms with Crippen LogP contribution in [0.15, 0.2) is 24.6 Å². The molecule has 0 radical (unpaired) electrons. The normalized spacial score (nSPS) is 30.5. The van der Waals surface area contributed by atoms with E-state index in [1.54, 1.807) is 18.2 Å². The minimum atomic E-state index is -0.0823. The molecular formula is C10H14N2O2. The molecule has 76 valence electrons. The van der Waals surface area contributed by atoms with Crippen LogP contribution < -0.4 is 5.32 Å². The van der Waals surface area contributed by atoms with Crippen molar-refractivity contribution in [1.29, 1.82) is 0 Å². The summed E-state index contributed by atoms with van der Waals surface area (Å²) in [4.78, 5) is 13.2. The number of urea groups is 1. The Morgan fingerprint density at radius 2 is 2.57 bits per heavy atom. The van der Waals surface area contributed by atoms with Crippen LogP contribution in [-0.4, -0.2) is 30.7 Å². The quantitative estimate of drug-likeness (QED) is 0.730. The second-order valence-electron chi connectivity index (χ2n) is 3.70. The Bertz CT molecular complexity index is 298. The highest BCUT2D eigenvalue weighted by atomic mass is 16.5. The van der Waals surface area contributed by atoms with Crippen molar-refractivity contribution in [3.63, 3.8) is 0 Å². The van der Waals surface area contributed by atoms with E-state index < -0.39 is 0 Å². The molecule has 4 nitrogen and oxygen atoms in total. The third kappa shape index (κ3) is 1.65. The Kier molecular flexibility index (Phi) is 2.29. The highest BCUT2D eigenvalue weighted by Crippen LogP contribution is 2.36.